The highest BCUT2D eigenvalue weighted by Crippen LogP contribution is 2.19. The number of nitrogens with zero attached hydrogens (tertiary/aromatic N) is 2. The average molecular weight is 271 g/mol. The highest BCUT2D eigenvalue weighted by molar-refractivity contribution is 5.30. The van der Waals surface area contributed by atoms with E-state index in [1.807, 2.05) is 19.2 Å². The molecule has 0 spiro atoms. The standard InChI is InChI=1S/C16H21N3O/c1-11-7-12(2)9-13(8-11)10-15(17-3)14-5-6-16(20-4)19-18-14/h5-9,15,17H,10H2,1-4H3. The van der Waals surface area contributed by atoms with Crippen molar-refractivity contribution in [3.05, 3.63) is 52.7 Å². The predicted molar refractivity (Wildman–Crippen MR) is 80.0 cm³/mol. The summed E-state index contributed by atoms with van der Waals surface area (Å²) in [5.74, 6) is 0.537. The van der Waals surface area contributed by atoms with E-state index in [-0.39, 0.29) is 6.04 Å². The minimum Gasteiger partial charge on any atom is -0.480 e. The monoisotopic (exact) mass is 271 g/mol. The molecule has 1 heterocycles. The molecule has 4 heteroatoms. The second-order valence-electron chi connectivity index (χ2n) is 5.04. The average Bonchev–Trinajstić information content (AvgIpc) is 2.44. The molecule has 4 nitrogen and oxygen atoms in total. The number of hydrogen-bond donors (Lipinski definition) is 1. The van der Waals surface area contributed by atoms with E-state index >= 15 is 0 Å². The molecule has 0 saturated heterocycles. The molecule has 106 valence electrons. The summed E-state index contributed by atoms with van der Waals surface area (Å²) in [4.78, 5) is 0. The van der Waals surface area contributed by atoms with Crippen LogP contribution in [0.1, 0.15) is 28.4 Å². The summed E-state index contributed by atoms with van der Waals surface area (Å²) >= 11 is 0. The summed E-state index contributed by atoms with van der Waals surface area (Å²) in [6.07, 6.45) is 0.889. The Balaban J connectivity index is 2.19. The maximum Gasteiger partial charge on any atom is 0.233 e. The Bertz CT molecular complexity index is 546. The van der Waals surface area contributed by atoms with Gasteiger partial charge in [0.2, 0.25) is 5.88 Å². The zero-order chi connectivity index (χ0) is 14.5. The number of methoxy groups -OCH3 is 1. The third-order valence-electron chi connectivity index (χ3n) is 3.30. The van der Waals surface area contributed by atoms with E-state index < -0.39 is 0 Å². The van der Waals surface area contributed by atoms with Crippen LogP contribution < -0.4 is 10.1 Å². The zero-order valence-electron chi connectivity index (χ0n) is 12.5. The van der Waals surface area contributed by atoms with Gasteiger partial charge in [0.25, 0.3) is 0 Å². The van der Waals surface area contributed by atoms with Gasteiger partial charge < -0.3 is 10.1 Å². The normalized spacial score (nSPS) is 12.2. The zero-order valence-corrected chi connectivity index (χ0v) is 12.5. The van der Waals surface area contributed by atoms with Crippen LogP contribution in [0.25, 0.3) is 0 Å². The molecule has 1 aromatic heterocycles. The van der Waals surface area contributed by atoms with Gasteiger partial charge in [-0.25, -0.2) is 0 Å². The third kappa shape index (κ3) is 3.54. The van der Waals surface area contributed by atoms with Crippen LogP contribution in [-0.2, 0) is 6.42 Å². The van der Waals surface area contributed by atoms with Crippen LogP contribution in [0.3, 0.4) is 0 Å². The molecular weight excluding hydrogens is 250 g/mol. The van der Waals surface area contributed by atoms with Gasteiger partial charge in [-0.2, -0.15) is 5.10 Å². The summed E-state index contributed by atoms with van der Waals surface area (Å²) < 4.78 is 5.04. The molecule has 1 unspecified atom stereocenters. The van der Waals surface area contributed by atoms with Crippen LogP contribution in [-0.4, -0.2) is 24.4 Å². The molecule has 1 N–H and O–H groups in total. The number of hydrogen-bond acceptors (Lipinski definition) is 4. The Labute approximate surface area is 120 Å². The Kier molecular flexibility index (Phi) is 4.69. The molecule has 2 aromatic rings. The molecule has 1 aromatic carbocycles. The molecule has 0 saturated carbocycles. The largest absolute Gasteiger partial charge is 0.480 e. The Morgan fingerprint density at radius 3 is 2.30 bits per heavy atom. The van der Waals surface area contributed by atoms with E-state index in [1.165, 1.54) is 16.7 Å². The molecule has 0 bridgehead atoms. The van der Waals surface area contributed by atoms with E-state index in [0.717, 1.165) is 12.1 Å². The fourth-order valence-electron chi connectivity index (χ4n) is 2.40. The second kappa shape index (κ2) is 6.48. The number of aromatic nitrogens is 2. The molecule has 20 heavy (non-hydrogen) atoms. The highest BCUT2D eigenvalue weighted by atomic mass is 16.5. The Morgan fingerprint density at radius 1 is 1.10 bits per heavy atom. The van der Waals surface area contributed by atoms with Crippen molar-refractivity contribution in [3.8, 4) is 5.88 Å². The van der Waals surface area contributed by atoms with E-state index in [1.54, 1.807) is 7.11 Å². The summed E-state index contributed by atoms with van der Waals surface area (Å²) in [7, 11) is 3.54. The molecule has 0 aliphatic heterocycles. The van der Waals surface area contributed by atoms with E-state index in [0.29, 0.717) is 5.88 Å². The first-order valence-electron chi connectivity index (χ1n) is 6.74. The molecule has 0 fully saturated rings. The van der Waals surface area contributed by atoms with E-state index in [2.05, 4.69) is 47.6 Å². The van der Waals surface area contributed by atoms with Crippen LogP contribution >= 0.6 is 0 Å². The molecule has 0 radical (unpaired) electrons. The topological polar surface area (TPSA) is 47.0 Å². The van der Waals surface area contributed by atoms with Gasteiger partial charge in [-0.1, -0.05) is 29.3 Å². The molecule has 0 amide bonds. The van der Waals surface area contributed by atoms with Crippen LogP contribution in [0.4, 0.5) is 0 Å². The van der Waals surface area contributed by atoms with E-state index in [4.69, 9.17) is 4.74 Å². The first-order chi connectivity index (χ1) is 9.62. The van der Waals surface area contributed by atoms with Gasteiger partial charge >= 0.3 is 0 Å². The highest BCUT2D eigenvalue weighted by Gasteiger charge is 2.13. The first-order valence-corrected chi connectivity index (χ1v) is 6.74. The lowest BCUT2D eigenvalue weighted by atomic mass is 9.99. The number of nitrogens with one attached hydrogen (secondary N) is 1. The van der Waals surface area contributed by atoms with Crippen molar-refractivity contribution < 1.29 is 4.74 Å². The number of rotatable bonds is 5. The maximum absolute atomic E-state index is 5.04. The SMILES string of the molecule is CNC(Cc1cc(C)cc(C)c1)c1ccc(OC)nn1. The van der Waals surface area contributed by atoms with Gasteiger partial charge in [0.05, 0.1) is 18.8 Å². The summed E-state index contributed by atoms with van der Waals surface area (Å²) in [6.45, 7) is 4.25. The van der Waals surface area contributed by atoms with Crippen LogP contribution in [0, 0.1) is 13.8 Å². The lowest BCUT2D eigenvalue weighted by Crippen LogP contribution is -2.20. The van der Waals surface area contributed by atoms with E-state index in [9.17, 15) is 0 Å². The van der Waals surface area contributed by atoms with Crippen LogP contribution in [0.5, 0.6) is 5.88 Å². The minimum atomic E-state index is 0.148. The van der Waals surface area contributed by atoms with Crippen molar-refractivity contribution in [3.63, 3.8) is 0 Å². The Morgan fingerprint density at radius 2 is 1.80 bits per heavy atom. The molecular formula is C16H21N3O. The summed E-state index contributed by atoms with van der Waals surface area (Å²) in [5.41, 5.74) is 4.80. The quantitative estimate of drug-likeness (QED) is 0.908. The number of ether oxygens (including phenoxy) is 1. The van der Waals surface area contributed by atoms with Gasteiger partial charge in [-0.05, 0) is 38.9 Å². The molecule has 0 aliphatic carbocycles. The summed E-state index contributed by atoms with van der Waals surface area (Å²) in [6, 6.07) is 10.6. The van der Waals surface area contributed by atoms with Gasteiger partial charge in [0.1, 0.15) is 0 Å². The smallest absolute Gasteiger partial charge is 0.233 e. The van der Waals surface area contributed by atoms with Gasteiger partial charge in [0, 0.05) is 6.07 Å². The van der Waals surface area contributed by atoms with Gasteiger partial charge in [-0.3, -0.25) is 0 Å². The van der Waals surface area contributed by atoms with Crippen molar-refractivity contribution in [1.29, 1.82) is 0 Å². The lowest BCUT2D eigenvalue weighted by Gasteiger charge is -2.16. The fourth-order valence-corrected chi connectivity index (χ4v) is 2.40. The number of aryl methyl sites for hydroxylation is 2. The predicted octanol–water partition coefficient (Wildman–Crippen LogP) is 2.61. The van der Waals surface area contributed by atoms with Crippen molar-refractivity contribution in [1.82, 2.24) is 15.5 Å². The minimum absolute atomic E-state index is 0.148. The van der Waals surface area contributed by atoms with Crippen LogP contribution in [0.15, 0.2) is 30.3 Å². The molecule has 0 aliphatic rings. The lowest BCUT2D eigenvalue weighted by molar-refractivity contribution is 0.389. The molecule has 2 rings (SSSR count). The fraction of sp³-hybridized carbons (Fsp3) is 0.375. The van der Waals surface area contributed by atoms with Crippen LogP contribution in [0.2, 0.25) is 0 Å². The number of benzene rings is 1. The Hall–Kier alpha value is -1.94. The van der Waals surface area contributed by atoms with Crippen molar-refractivity contribution in [2.24, 2.45) is 0 Å². The van der Waals surface area contributed by atoms with Crippen molar-refractivity contribution in [2.45, 2.75) is 26.3 Å². The third-order valence-corrected chi connectivity index (χ3v) is 3.30. The van der Waals surface area contributed by atoms with Gasteiger partial charge in [-0.15, -0.1) is 5.10 Å². The second-order valence-corrected chi connectivity index (χ2v) is 5.04. The first kappa shape index (κ1) is 14.5. The van der Waals surface area contributed by atoms with Crippen molar-refractivity contribution >= 4 is 0 Å². The molecule has 1 atom stereocenters. The summed E-state index contributed by atoms with van der Waals surface area (Å²) in [5, 5.41) is 11.6. The number of likely N-dealkylation sites (N-methyl/N-ethyl adjacent to an activating group) is 1. The van der Waals surface area contributed by atoms with Gasteiger partial charge in [0.15, 0.2) is 0 Å². The van der Waals surface area contributed by atoms with Crippen molar-refractivity contribution in [2.75, 3.05) is 14.2 Å². The maximum atomic E-state index is 5.04.